The van der Waals surface area contributed by atoms with Gasteiger partial charge in [0.2, 0.25) is 5.91 Å². The fraction of sp³-hybridized carbons (Fsp3) is 0.737. The van der Waals surface area contributed by atoms with Gasteiger partial charge in [0.1, 0.15) is 5.01 Å². The van der Waals surface area contributed by atoms with Crippen molar-refractivity contribution in [2.45, 2.75) is 38.4 Å². The summed E-state index contributed by atoms with van der Waals surface area (Å²) in [6.45, 7) is 4.89. The lowest BCUT2D eigenvalue weighted by molar-refractivity contribution is -0.140. The summed E-state index contributed by atoms with van der Waals surface area (Å²) in [6, 6.07) is 0. The van der Waals surface area contributed by atoms with Gasteiger partial charge in [-0.3, -0.25) is 14.7 Å². The van der Waals surface area contributed by atoms with Gasteiger partial charge in [-0.2, -0.15) is 13.2 Å². The number of carbonyl (C=O) groups excluding carboxylic acids is 1. The molecule has 0 radical (unpaired) electrons. The van der Waals surface area contributed by atoms with Crippen LogP contribution in [-0.2, 0) is 17.5 Å². The molecule has 2 N–H and O–H groups in total. The third-order valence-electron chi connectivity index (χ3n) is 5.58. The molecule has 0 atom stereocenters. The van der Waals surface area contributed by atoms with Crippen LogP contribution in [0.1, 0.15) is 36.4 Å². The lowest BCUT2D eigenvalue weighted by Crippen LogP contribution is -2.51. The molecule has 1 saturated carbocycles. The molecule has 12 heteroatoms. The molecule has 1 amide bonds. The van der Waals surface area contributed by atoms with Crippen LogP contribution in [0.3, 0.4) is 0 Å². The Kier molecular flexibility index (Phi) is 10.3. The van der Waals surface area contributed by atoms with E-state index in [0.717, 1.165) is 62.3 Å². The molecule has 1 aromatic heterocycles. The minimum absolute atomic E-state index is 0. The third-order valence-corrected chi connectivity index (χ3v) is 6.43. The number of amides is 1. The summed E-state index contributed by atoms with van der Waals surface area (Å²) in [7, 11) is 1.62. The van der Waals surface area contributed by atoms with Gasteiger partial charge in [0, 0.05) is 57.6 Å². The molecular weight excluding hydrogens is 544 g/mol. The number of rotatable bonds is 6. The predicted molar refractivity (Wildman–Crippen MR) is 126 cm³/mol. The van der Waals surface area contributed by atoms with Gasteiger partial charge < -0.3 is 15.5 Å². The lowest BCUT2D eigenvalue weighted by atomic mass is 10.1. The highest BCUT2D eigenvalue weighted by Gasteiger charge is 2.33. The van der Waals surface area contributed by atoms with E-state index in [1.807, 2.05) is 4.90 Å². The van der Waals surface area contributed by atoms with Gasteiger partial charge in [0.25, 0.3) is 0 Å². The van der Waals surface area contributed by atoms with Crippen LogP contribution >= 0.6 is 35.3 Å². The van der Waals surface area contributed by atoms with Crippen molar-refractivity contribution in [2.75, 3.05) is 46.3 Å². The Labute approximate surface area is 201 Å². The number of guanidine groups is 1. The highest BCUT2D eigenvalue weighted by Crippen LogP contribution is 2.30. The molecule has 1 saturated heterocycles. The minimum Gasteiger partial charge on any atom is -0.355 e. The van der Waals surface area contributed by atoms with Crippen molar-refractivity contribution in [3.63, 3.8) is 0 Å². The van der Waals surface area contributed by atoms with E-state index in [0.29, 0.717) is 23.4 Å². The zero-order valence-electron chi connectivity index (χ0n) is 17.6. The number of carbonyl (C=O) groups is 1. The van der Waals surface area contributed by atoms with E-state index >= 15 is 0 Å². The summed E-state index contributed by atoms with van der Waals surface area (Å²) in [5, 5.41) is 7.54. The largest absolute Gasteiger partial charge is 0.434 e. The number of nitrogens with zero attached hydrogens (tertiary/aromatic N) is 4. The maximum Gasteiger partial charge on any atom is 0.434 e. The fourth-order valence-corrected chi connectivity index (χ4v) is 4.60. The fourth-order valence-electron chi connectivity index (χ4n) is 3.86. The van der Waals surface area contributed by atoms with Crippen LogP contribution in [-0.4, -0.2) is 73.0 Å². The normalized spacial score (nSPS) is 18.7. The van der Waals surface area contributed by atoms with Gasteiger partial charge in [-0.1, -0.05) is 12.8 Å². The molecule has 7 nitrogen and oxygen atoms in total. The molecular formula is C19H30F3IN6OS. The molecule has 31 heavy (non-hydrogen) atoms. The average Bonchev–Trinajstić information content (AvgIpc) is 3.42. The first-order chi connectivity index (χ1) is 14.4. The number of hydrogen-bond donors (Lipinski definition) is 2. The SMILES string of the molecule is CN=C(NCCN1CCN(C(=O)C2CCCC2)CC1)NCc1nc(C(F)(F)F)cs1.I. The first-order valence-electron chi connectivity index (χ1n) is 10.3. The zero-order valence-corrected chi connectivity index (χ0v) is 20.7. The molecule has 176 valence electrons. The predicted octanol–water partition coefficient (Wildman–Crippen LogP) is 2.78. The number of thiazole rings is 1. The van der Waals surface area contributed by atoms with Crippen LogP contribution in [0.5, 0.6) is 0 Å². The van der Waals surface area contributed by atoms with Gasteiger partial charge in [-0.05, 0) is 12.8 Å². The van der Waals surface area contributed by atoms with Crippen molar-refractivity contribution in [3.05, 3.63) is 16.1 Å². The number of piperazine rings is 1. The topological polar surface area (TPSA) is 72.9 Å². The third kappa shape index (κ3) is 7.74. The Morgan fingerprint density at radius 3 is 2.48 bits per heavy atom. The number of hydrogen-bond acceptors (Lipinski definition) is 5. The molecule has 1 aliphatic carbocycles. The van der Waals surface area contributed by atoms with Gasteiger partial charge in [0.15, 0.2) is 11.7 Å². The Balaban J connectivity index is 0.00000341. The maximum absolute atomic E-state index is 12.6. The zero-order chi connectivity index (χ0) is 21.6. The summed E-state index contributed by atoms with van der Waals surface area (Å²) < 4.78 is 37.9. The van der Waals surface area contributed by atoms with Gasteiger partial charge in [-0.15, -0.1) is 35.3 Å². The van der Waals surface area contributed by atoms with E-state index in [1.165, 1.54) is 12.8 Å². The molecule has 2 heterocycles. The van der Waals surface area contributed by atoms with E-state index in [9.17, 15) is 18.0 Å². The van der Waals surface area contributed by atoms with Crippen LogP contribution in [0.15, 0.2) is 10.4 Å². The number of nitrogens with one attached hydrogen (secondary N) is 2. The quantitative estimate of drug-likeness (QED) is 0.311. The molecule has 0 unspecified atom stereocenters. The number of halogens is 4. The van der Waals surface area contributed by atoms with E-state index in [4.69, 9.17) is 0 Å². The van der Waals surface area contributed by atoms with E-state index in [2.05, 4.69) is 25.5 Å². The second kappa shape index (κ2) is 12.2. The molecule has 1 aliphatic heterocycles. The summed E-state index contributed by atoms with van der Waals surface area (Å²) in [4.78, 5) is 24.5. The van der Waals surface area contributed by atoms with E-state index in [-0.39, 0.29) is 36.4 Å². The highest BCUT2D eigenvalue weighted by molar-refractivity contribution is 14.0. The first kappa shape index (κ1) is 26.1. The smallest absolute Gasteiger partial charge is 0.355 e. The van der Waals surface area contributed by atoms with Crippen molar-refractivity contribution in [1.82, 2.24) is 25.4 Å². The highest BCUT2D eigenvalue weighted by atomic mass is 127. The van der Waals surface area contributed by atoms with Crippen molar-refractivity contribution in [3.8, 4) is 0 Å². The molecule has 0 spiro atoms. The first-order valence-corrected chi connectivity index (χ1v) is 11.2. The van der Waals surface area contributed by atoms with Crippen molar-refractivity contribution >= 4 is 47.2 Å². The summed E-state index contributed by atoms with van der Waals surface area (Å²) in [6.07, 6.45) is -0.00547. The molecule has 0 aromatic carbocycles. The lowest BCUT2D eigenvalue weighted by Gasteiger charge is -2.36. The molecule has 2 fully saturated rings. The van der Waals surface area contributed by atoms with Crippen LogP contribution < -0.4 is 10.6 Å². The van der Waals surface area contributed by atoms with Crippen molar-refractivity contribution in [1.29, 1.82) is 0 Å². The summed E-state index contributed by atoms with van der Waals surface area (Å²) in [5.41, 5.74) is -0.863. The second-order valence-electron chi connectivity index (χ2n) is 7.63. The van der Waals surface area contributed by atoms with Gasteiger partial charge in [0.05, 0.1) is 6.54 Å². The van der Waals surface area contributed by atoms with Crippen LogP contribution in [0.25, 0.3) is 0 Å². The summed E-state index contributed by atoms with van der Waals surface area (Å²) >= 11 is 0.970. The summed E-state index contributed by atoms with van der Waals surface area (Å²) in [5.74, 6) is 1.08. The van der Waals surface area contributed by atoms with E-state index < -0.39 is 11.9 Å². The molecule has 3 rings (SSSR count). The van der Waals surface area contributed by atoms with Gasteiger partial charge in [-0.25, -0.2) is 4.98 Å². The Morgan fingerprint density at radius 2 is 1.90 bits per heavy atom. The molecule has 1 aromatic rings. The van der Waals surface area contributed by atoms with Gasteiger partial charge >= 0.3 is 6.18 Å². The van der Waals surface area contributed by atoms with Crippen molar-refractivity contribution < 1.29 is 18.0 Å². The monoisotopic (exact) mass is 574 g/mol. The van der Waals surface area contributed by atoms with E-state index in [1.54, 1.807) is 7.05 Å². The Bertz CT molecular complexity index is 730. The Hall–Kier alpha value is -1.15. The van der Waals surface area contributed by atoms with Crippen LogP contribution in [0.4, 0.5) is 13.2 Å². The number of aromatic nitrogens is 1. The maximum atomic E-state index is 12.6. The number of alkyl halides is 3. The van der Waals surface area contributed by atoms with Crippen LogP contribution in [0.2, 0.25) is 0 Å². The van der Waals surface area contributed by atoms with Crippen LogP contribution in [0, 0.1) is 5.92 Å². The molecule has 0 bridgehead atoms. The average molecular weight is 574 g/mol. The standard InChI is InChI=1S/C19H29F3N6OS.HI/c1-23-18(25-12-16-26-15(13-30-16)19(20,21)22)24-6-7-27-8-10-28(11-9-27)17(29)14-4-2-3-5-14;/h13-14H,2-12H2,1H3,(H2,23,24,25);1H. The minimum atomic E-state index is -4.42. The number of aliphatic imine (C=N–C) groups is 1. The Morgan fingerprint density at radius 1 is 1.23 bits per heavy atom. The second-order valence-corrected chi connectivity index (χ2v) is 8.57. The molecule has 2 aliphatic rings. The van der Waals surface area contributed by atoms with Crippen molar-refractivity contribution in [2.24, 2.45) is 10.9 Å².